The average Bonchev–Trinajstić information content (AvgIpc) is 2.72. The minimum Gasteiger partial charge on any atom is -0.490 e. The molecule has 2 aromatic carbocycles. The van der Waals surface area contributed by atoms with Crippen LogP contribution >= 0.6 is 0 Å². The van der Waals surface area contributed by atoms with Gasteiger partial charge in [-0.2, -0.15) is 8.78 Å². The molecule has 1 aromatic heterocycles. The Morgan fingerprint density at radius 3 is 2.63 bits per heavy atom. The minimum absolute atomic E-state index is 0.0527. The molecule has 0 bridgehead atoms. The van der Waals surface area contributed by atoms with E-state index in [1.54, 1.807) is 38.1 Å². The number of H-pyrrole nitrogens is 1. The lowest BCUT2D eigenvalue weighted by Gasteiger charge is -2.21. The summed E-state index contributed by atoms with van der Waals surface area (Å²) in [4.78, 5) is 33.8. The van der Waals surface area contributed by atoms with Crippen molar-refractivity contribution < 1.29 is 23.0 Å². The van der Waals surface area contributed by atoms with Crippen LogP contribution in [0.1, 0.15) is 30.0 Å². The Balaban J connectivity index is 1.87. The van der Waals surface area contributed by atoms with E-state index >= 15 is 0 Å². The number of fused-ring (bicyclic) bond motifs is 1. The number of carbonyl (C=O) groups is 1. The summed E-state index contributed by atoms with van der Waals surface area (Å²) in [6.07, 6.45) is 0. The van der Waals surface area contributed by atoms with Crippen molar-refractivity contribution in [3.63, 3.8) is 0 Å². The third-order valence-electron chi connectivity index (χ3n) is 4.38. The smallest absolute Gasteiger partial charge is 0.387 e. The predicted octanol–water partition coefficient (Wildman–Crippen LogP) is 3.59. The molecule has 1 heterocycles. The number of hydrogen-bond acceptors (Lipinski definition) is 5. The van der Waals surface area contributed by atoms with Crippen LogP contribution in [0.15, 0.2) is 47.3 Å². The quantitative estimate of drug-likeness (QED) is 0.606. The Labute approximate surface area is 171 Å². The predicted molar refractivity (Wildman–Crippen MR) is 107 cm³/mol. The highest BCUT2D eigenvalue weighted by molar-refractivity contribution is 5.95. The standard InChI is InChI=1S/C21H21F2N3O4/c1-3-26(12-18-24-15-8-6-5-7-14(15)19(27)25-18)20(28)13-9-10-16(30-21(22)23)17(11-13)29-4-2/h5-11,21H,3-4,12H2,1-2H3,(H,24,25,27). The number of nitrogens with one attached hydrogen (secondary N) is 1. The van der Waals surface area contributed by atoms with E-state index in [9.17, 15) is 18.4 Å². The number of carbonyl (C=O) groups excluding carboxylic acids is 1. The highest BCUT2D eigenvalue weighted by Crippen LogP contribution is 2.30. The van der Waals surface area contributed by atoms with Gasteiger partial charge in [0.15, 0.2) is 11.5 Å². The molecule has 0 aliphatic rings. The zero-order chi connectivity index (χ0) is 21.7. The number of hydrogen-bond donors (Lipinski definition) is 1. The number of rotatable bonds is 8. The van der Waals surface area contributed by atoms with Crippen LogP contribution < -0.4 is 15.0 Å². The molecule has 0 unspecified atom stereocenters. The number of aromatic amines is 1. The second-order valence-electron chi connectivity index (χ2n) is 6.32. The fraction of sp³-hybridized carbons (Fsp3) is 0.286. The fourth-order valence-corrected chi connectivity index (χ4v) is 3.00. The van der Waals surface area contributed by atoms with E-state index in [0.717, 1.165) is 0 Å². The van der Waals surface area contributed by atoms with Crippen LogP contribution in [-0.4, -0.2) is 40.5 Å². The Hall–Kier alpha value is -3.49. The molecule has 1 amide bonds. The molecule has 9 heteroatoms. The van der Waals surface area contributed by atoms with Crippen molar-refractivity contribution in [2.45, 2.75) is 27.0 Å². The average molecular weight is 417 g/mol. The van der Waals surface area contributed by atoms with E-state index in [1.165, 1.54) is 23.1 Å². The zero-order valence-corrected chi connectivity index (χ0v) is 16.5. The van der Waals surface area contributed by atoms with Crippen molar-refractivity contribution in [1.29, 1.82) is 0 Å². The van der Waals surface area contributed by atoms with E-state index in [2.05, 4.69) is 14.7 Å². The molecule has 3 rings (SSSR count). The number of amides is 1. The molecule has 7 nitrogen and oxygen atoms in total. The first-order valence-electron chi connectivity index (χ1n) is 9.41. The molecule has 0 spiro atoms. The molecule has 0 saturated heterocycles. The number of para-hydroxylation sites is 1. The zero-order valence-electron chi connectivity index (χ0n) is 16.5. The Morgan fingerprint density at radius 2 is 1.93 bits per heavy atom. The Morgan fingerprint density at radius 1 is 1.17 bits per heavy atom. The summed E-state index contributed by atoms with van der Waals surface area (Å²) < 4.78 is 34.9. The number of ether oxygens (including phenoxy) is 2. The highest BCUT2D eigenvalue weighted by atomic mass is 19.3. The van der Waals surface area contributed by atoms with Gasteiger partial charge in [0.1, 0.15) is 5.82 Å². The molecule has 0 aliphatic carbocycles. The largest absolute Gasteiger partial charge is 0.490 e. The summed E-state index contributed by atoms with van der Waals surface area (Å²) in [6, 6.07) is 10.9. The summed E-state index contributed by atoms with van der Waals surface area (Å²) >= 11 is 0. The number of benzene rings is 2. The molecular weight excluding hydrogens is 396 g/mol. The number of aromatic nitrogens is 2. The monoisotopic (exact) mass is 417 g/mol. The normalized spacial score (nSPS) is 11.0. The van der Waals surface area contributed by atoms with Crippen LogP contribution in [0.2, 0.25) is 0 Å². The van der Waals surface area contributed by atoms with Gasteiger partial charge in [0, 0.05) is 12.1 Å². The lowest BCUT2D eigenvalue weighted by Crippen LogP contribution is -2.32. The topological polar surface area (TPSA) is 84.5 Å². The molecule has 0 aliphatic heterocycles. The van der Waals surface area contributed by atoms with Crippen LogP contribution in [0.3, 0.4) is 0 Å². The molecule has 3 aromatic rings. The van der Waals surface area contributed by atoms with Gasteiger partial charge in [-0.1, -0.05) is 12.1 Å². The van der Waals surface area contributed by atoms with Gasteiger partial charge in [-0.05, 0) is 44.2 Å². The van der Waals surface area contributed by atoms with E-state index in [4.69, 9.17) is 4.74 Å². The second-order valence-corrected chi connectivity index (χ2v) is 6.32. The summed E-state index contributed by atoms with van der Waals surface area (Å²) in [5.74, 6) is -0.113. The van der Waals surface area contributed by atoms with Gasteiger partial charge in [0.05, 0.1) is 24.1 Å². The van der Waals surface area contributed by atoms with Gasteiger partial charge in [0.2, 0.25) is 0 Å². The van der Waals surface area contributed by atoms with Crippen LogP contribution in [0.25, 0.3) is 10.9 Å². The molecule has 0 saturated carbocycles. The molecule has 158 valence electrons. The van der Waals surface area contributed by atoms with Gasteiger partial charge >= 0.3 is 6.61 Å². The molecule has 0 radical (unpaired) electrons. The lowest BCUT2D eigenvalue weighted by molar-refractivity contribution is -0.0514. The second kappa shape index (κ2) is 9.34. The van der Waals surface area contributed by atoms with Crippen molar-refractivity contribution in [3.8, 4) is 11.5 Å². The maximum atomic E-state index is 13.0. The van der Waals surface area contributed by atoms with Crippen LogP contribution in [0.5, 0.6) is 11.5 Å². The molecule has 0 fully saturated rings. The third-order valence-corrected chi connectivity index (χ3v) is 4.38. The number of nitrogens with zero attached hydrogens (tertiary/aromatic N) is 2. The van der Waals surface area contributed by atoms with Crippen molar-refractivity contribution in [2.24, 2.45) is 0 Å². The fourth-order valence-electron chi connectivity index (χ4n) is 3.00. The van der Waals surface area contributed by atoms with Crippen LogP contribution in [0, 0.1) is 0 Å². The van der Waals surface area contributed by atoms with Crippen molar-refractivity contribution in [1.82, 2.24) is 14.9 Å². The lowest BCUT2D eigenvalue weighted by atomic mass is 10.1. The van der Waals surface area contributed by atoms with Gasteiger partial charge in [-0.25, -0.2) is 4.98 Å². The maximum Gasteiger partial charge on any atom is 0.387 e. The van der Waals surface area contributed by atoms with Gasteiger partial charge < -0.3 is 19.4 Å². The molecule has 1 N–H and O–H groups in total. The van der Waals surface area contributed by atoms with E-state index in [-0.39, 0.29) is 41.7 Å². The first kappa shape index (κ1) is 21.2. The maximum absolute atomic E-state index is 13.0. The summed E-state index contributed by atoms with van der Waals surface area (Å²) in [5, 5.41) is 0.464. The van der Waals surface area contributed by atoms with Crippen molar-refractivity contribution in [2.75, 3.05) is 13.2 Å². The summed E-state index contributed by atoms with van der Waals surface area (Å²) in [5.41, 5.74) is 0.489. The number of halogens is 2. The van der Waals surface area contributed by atoms with E-state index < -0.39 is 6.61 Å². The highest BCUT2D eigenvalue weighted by Gasteiger charge is 2.19. The van der Waals surface area contributed by atoms with E-state index in [0.29, 0.717) is 23.3 Å². The van der Waals surface area contributed by atoms with Crippen LogP contribution in [-0.2, 0) is 6.54 Å². The van der Waals surface area contributed by atoms with Gasteiger partial charge in [0.25, 0.3) is 11.5 Å². The van der Waals surface area contributed by atoms with Gasteiger partial charge in [-0.3, -0.25) is 9.59 Å². The Kier molecular flexibility index (Phi) is 6.61. The summed E-state index contributed by atoms with van der Waals surface area (Å²) in [6.45, 7) is 1.11. The van der Waals surface area contributed by atoms with Crippen molar-refractivity contribution >= 4 is 16.8 Å². The van der Waals surface area contributed by atoms with Crippen LogP contribution in [0.4, 0.5) is 8.78 Å². The van der Waals surface area contributed by atoms with Crippen molar-refractivity contribution in [3.05, 3.63) is 64.2 Å². The molecule has 30 heavy (non-hydrogen) atoms. The SMILES string of the molecule is CCOc1cc(C(=O)N(CC)Cc2nc3ccccc3c(=O)[nH]2)ccc1OC(F)F. The first-order valence-corrected chi connectivity index (χ1v) is 9.41. The van der Waals surface area contributed by atoms with E-state index in [1.807, 2.05) is 0 Å². The minimum atomic E-state index is -3.01. The third kappa shape index (κ3) is 4.73. The molecular formula is C21H21F2N3O4. The molecule has 0 atom stereocenters. The van der Waals surface area contributed by atoms with Gasteiger partial charge in [-0.15, -0.1) is 0 Å². The number of alkyl halides is 2. The summed E-state index contributed by atoms with van der Waals surface area (Å²) in [7, 11) is 0. The Bertz CT molecular complexity index is 1100. The first-order chi connectivity index (χ1) is 14.4.